The monoisotopic (exact) mass is 519 g/mol. The van der Waals surface area contributed by atoms with Gasteiger partial charge in [0, 0.05) is 12.5 Å². The van der Waals surface area contributed by atoms with E-state index in [9.17, 15) is 0 Å². The maximum atomic E-state index is 7.04. The molecule has 5 aromatic rings. The fraction of sp³-hybridized carbons (Fsp3) is 0.250. The highest BCUT2D eigenvalue weighted by Crippen LogP contribution is 2.42. The molecular formula is C32H31N4O3. The van der Waals surface area contributed by atoms with Crippen molar-refractivity contribution in [3.8, 4) is 11.5 Å². The normalized spacial score (nSPS) is 13.5. The Labute approximate surface area is 228 Å². The van der Waals surface area contributed by atoms with Gasteiger partial charge in [-0.1, -0.05) is 54.6 Å². The Hall–Kier alpha value is -4.23. The molecule has 0 saturated heterocycles. The zero-order valence-electron chi connectivity index (χ0n) is 22.2. The number of imidazole rings is 1. The van der Waals surface area contributed by atoms with Crippen molar-refractivity contribution in [3.63, 3.8) is 0 Å². The molecule has 1 aliphatic rings. The van der Waals surface area contributed by atoms with Gasteiger partial charge in [-0.2, -0.15) is 0 Å². The molecule has 0 aliphatic heterocycles. The molecule has 0 unspecified atom stereocenters. The molecule has 3 aromatic carbocycles. The van der Waals surface area contributed by atoms with Crippen molar-refractivity contribution in [2.24, 2.45) is 0 Å². The predicted molar refractivity (Wildman–Crippen MR) is 150 cm³/mol. The van der Waals surface area contributed by atoms with E-state index in [0.717, 1.165) is 63.8 Å². The highest BCUT2D eigenvalue weighted by atomic mass is 16.5. The molecule has 197 valence electrons. The largest absolute Gasteiger partial charge is 0.497 e. The lowest BCUT2D eigenvalue weighted by Crippen LogP contribution is -2.33. The standard InChI is InChI=1S/C32H31N4O3/c1-4-36-29(34-28-20-33-30(22-10-11-22)35-31(28)36)21-39-32(23-8-6-5-7-9-23,24-12-16-26(37-2)17-13-24)25-14-18-27(38-3)19-15-25/h5-9,12-20,22H,1,4,10-11,21H2,2-3H3. The fourth-order valence-corrected chi connectivity index (χ4v) is 5.11. The molecule has 1 fully saturated rings. The molecule has 2 heterocycles. The van der Waals surface area contributed by atoms with E-state index in [0.29, 0.717) is 12.5 Å². The summed E-state index contributed by atoms with van der Waals surface area (Å²) in [6.45, 7) is 4.88. The van der Waals surface area contributed by atoms with E-state index < -0.39 is 5.60 Å². The van der Waals surface area contributed by atoms with Crippen LogP contribution in [0.5, 0.6) is 11.5 Å². The molecule has 0 amide bonds. The summed E-state index contributed by atoms with van der Waals surface area (Å²) in [5.74, 6) is 3.65. The van der Waals surface area contributed by atoms with Gasteiger partial charge < -0.3 is 18.8 Å². The zero-order valence-corrected chi connectivity index (χ0v) is 22.2. The van der Waals surface area contributed by atoms with Crippen molar-refractivity contribution in [2.75, 3.05) is 14.2 Å². The van der Waals surface area contributed by atoms with E-state index >= 15 is 0 Å². The first-order chi connectivity index (χ1) is 19.2. The van der Waals surface area contributed by atoms with Gasteiger partial charge in [-0.3, -0.25) is 0 Å². The lowest BCUT2D eigenvalue weighted by molar-refractivity contribution is -0.00422. The SMILES string of the molecule is [CH2]Cn1c(COC(c2ccccc2)(c2ccc(OC)cc2)c2ccc(OC)cc2)nc2cnc(C3CC3)nc21. The van der Waals surface area contributed by atoms with Gasteiger partial charge in [-0.05, 0) is 60.7 Å². The van der Waals surface area contributed by atoms with E-state index in [1.807, 2.05) is 77.5 Å². The van der Waals surface area contributed by atoms with Gasteiger partial charge in [-0.15, -0.1) is 0 Å². The van der Waals surface area contributed by atoms with Crippen molar-refractivity contribution in [1.29, 1.82) is 0 Å². The minimum Gasteiger partial charge on any atom is -0.497 e. The summed E-state index contributed by atoms with van der Waals surface area (Å²) in [4.78, 5) is 14.3. The minimum atomic E-state index is -0.936. The highest BCUT2D eigenvalue weighted by molar-refractivity contribution is 5.70. The summed E-state index contributed by atoms with van der Waals surface area (Å²) < 4.78 is 20.0. The molecule has 7 heteroatoms. The Morgan fingerprint density at radius 1 is 0.821 bits per heavy atom. The van der Waals surface area contributed by atoms with Crippen molar-refractivity contribution in [1.82, 2.24) is 19.5 Å². The van der Waals surface area contributed by atoms with Gasteiger partial charge in [0.05, 0.1) is 20.4 Å². The number of hydrogen-bond donors (Lipinski definition) is 0. The van der Waals surface area contributed by atoms with Gasteiger partial charge >= 0.3 is 0 Å². The minimum absolute atomic E-state index is 0.234. The van der Waals surface area contributed by atoms with Gasteiger partial charge in [0.15, 0.2) is 5.65 Å². The Morgan fingerprint density at radius 2 is 1.41 bits per heavy atom. The van der Waals surface area contributed by atoms with Crippen LogP contribution in [-0.2, 0) is 23.5 Å². The third kappa shape index (κ3) is 4.63. The average molecular weight is 520 g/mol. The number of benzene rings is 3. The second-order valence-electron chi connectivity index (χ2n) is 9.68. The highest BCUT2D eigenvalue weighted by Gasteiger charge is 2.38. The van der Waals surface area contributed by atoms with Crippen LogP contribution in [0.15, 0.2) is 85.1 Å². The first kappa shape index (κ1) is 25.1. The molecule has 1 saturated carbocycles. The Bertz CT molecular complexity index is 1510. The zero-order chi connectivity index (χ0) is 26.8. The van der Waals surface area contributed by atoms with Crippen LogP contribution in [0, 0.1) is 6.92 Å². The van der Waals surface area contributed by atoms with Crippen LogP contribution in [0.2, 0.25) is 0 Å². The van der Waals surface area contributed by atoms with Crippen LogP contribution in [-0.4, -0.2) is 33.7 Å². The number of hydrogen-bond acceptors (Lipinski definition) is 6. The van der Waals surface area contributed by atoms with Crippen molar-refractivity contribution >= 4 is 11.2 Å². The number of aromatic nitrogens is 4. The van der Waals surface area contributed by atoms with E-state index in [-0.39, 0.29) is 6.61 Å². The molecular weight excluding hydrogens is 488 g/mol. The third-order valence-corrected chi connectivity index (χ3v) is 7.34. The van der Waals surface area contributed by atoms with Crippen LogP contribution in [0.3, 0.4) is 0 Å². The topological polar surface area (TPSA) is 71.3 Å². The molecule has 7 nitrogen and oxygen atoms in total. The quantitative estimate of drug-likeness (QED) is 0.209. The second kappa shape index (κ2) is 10.5. The summed E-state index contributed by atoms with van der Waals surface area (Å²) in [5, 5.41) is 0. The summed E-state index contributed by atoms with van der Waals surface area (Å²) in [6.07, 6.45) is 4.11. The molecule has 6 rings (SSSR count). The smallest absolute Gasteiger partial charge is 0.163 e. The van der Waals surface area contributed by atoms with Crippen LogP contribution >= 0.6 is 0 Å². The Balaban J connectivity index is 1.48. The maximum absolute atomic E-state index is 7.04. The van der Waals surface area contributed by atoms with Crippen molar-refractivity contribution in [3.05, 3.63) is 120 Å². The summed E-state index contributed by atoms with van der Waals surface area (Å²) in [6, 6.07) is 26.3. The third-order valence-electron chi connectivity index (χ3n) is 7.34. The number of fused-ring (bicyclic) bond motifs is 1. The van der Waals surface area contributed by atoms with Gasteiger partial charge in [0.1, 0.15) is 40.9 Å². The van der Waals surface area contributed by atoms with Gasteiger partial charge in [0.25, 0.3) is 0 Å². The van der Waals surface area contributed by atoms with Crippen LogP contribution in [0.25, 0.3) is 11.2 Å². The molecule has 0 N–H and O–H groups in total. The molecule has 1 aliphatic carbocycles. The van der Waals surface area contributed by atoms with Gasteiger partial charge in [0.2, 0.25) is 0 Å². The fourth-order valence-electron chi connectivity index (χ4n) is 5.11. The first-order valence-electron chi connectivity index (χ1n) is 13.2. The van der Waals surface area contributed by atoms with Gasteiger partial charge in [-0.25, -0.2) is 15.0 Å². The van der Waals surface area contributed by atoms with E-state index in [1.165, 1.54) is 0 Å². The van der Waals surface area contributed by atoms with E-state index in [2.05, 4.69) is 24.0 Å². The molecule has 1 radical (unpaired) electrons. The Morgan fingerprint density at radius 3 is 1.95 bits per heavy atom. The summed E-state index contributed by atoms with van der Waals surface area (Å²) in [7, 11) is 3.33. The van der Waals surface area contributed by atoms with Crippen LogP contribution in [0.4, 0.5) is 0 Å². The lowest BCUT2D eigenvalue weighted by Gasteiger charge is -2.36. The summed E-state index contributed by atoms with van der Waals surface area (Å²) >= 11 is 0. The van der Waals surface area contributed by atoms with Crippen LogP contribution < -0.4 is 9.47 Å². The number of rotatable bonds is 10. The first-order valence-corrected chi connectivity index (χ1v) is 13.2. The van der Waals surface area contributed by atoms with E-state index in [4.69, 9.17) is 24.2 Å². The summed E-state index contributed by atoms with van der Waals surface area (Å²) in [5.41, 5.74) is 3.55. The lowest BCUT2D eigenvalue weighted by atomic mass is 9.80. The molecule has 2 aromatic heterocycles. The Kier molecular flexibility index (Phi) is 6.75. The van der Waals surface area contributed by atoms with Crippen LogP contribution in [0.1, 0.15) is 47.1 Å². The average Bonchev–Trinajstić information content (AvgIpc) is 3.79. The molecule has 0 atom stereocenters. The number of ether oxygens (including phenoxy) is 3. The van der Waals surface area contributed by atoms with Crippen molar-refractivity contribution in [2.45, 2.75) is 37.5 Å². The van der Waals surface area contributed by atoms with E-state index in [1.54, 1.807) is 14.2 Å². The predicted octanol–water partition coefficient (Wildman–Crippen LogP) is 6.06. The molecule has 0 spiro atoms. The number of nitrogens with zero attached hydrogens (tertiary/aromatic N) is 4. The number of methoxy groups -OCH3 is 2. The van der Waals surface area contributed by atoms with Crippen molar-refractivity contribution < 1.29 is 14.2 Å². The molecule has 39 heavy (non-hydrogen) atoms. The molecule has 0 bridgehead atoms. The second-order valence-corrected chi connectivity index (χ2v) is 9.68. The maximum Gasteiger partial charge on any atom is 0.163 e.